The minimum atomic E-state index is -0.367. The Balaban J connectivity index is 1.81. The molecule has 0 saturated heterocycles. The van der Waals surface area contributed by atoms with Crippen LogP contribution in [0.2, 0.25) is 0 Å². The van der Waals surface area contributed by atoms with E-state index >= 15 is 0 Å². The third kappa shape index (κ3) is 4.27. The van der Waals surface area contributed by atoms with Crippen LogP contribution in [-0.2, 0) is 9.59 Å². The summed E-state index contributed by atoms with van der Waals surface area (Å²) in [6.07, 6.45) is 0. The monoisotopic (exact) mass is 440 g/mol. The van der Waals surface area contributed by atoms with Gasteiger partial charge in [0.25, 0.3) is 11.8 Å². The first-order chi connectivity index (χ1) is 15.8. The third-order valence-electron chi connectivity index (χ3n) is 5.91. The lowest BCUT2D eigenvalue weighted by Crippen LogP contribution is -2.33. The highest BCUT2D eigenvalue weighted by atomic mass is 16.5. The molecule has 0 bridgehead atoms. The van der Waals surface area contributed by atoms with Crippen molar-refractivity contribution in [1.29, 1.82) is 0 Å². The number of anilines is 2. The van der Waals surface area contributed by atoms with Gasteiger partial charge in [-0.1, -0.05) is 35.9 Å². The number of imide groups is 1. The smallest absolute Gasteiger partial charge is 0.282 e. The molecule has 0 aromatic heterocycles. The standard InChI is InChI=1S/C28H28N2O3/c1-6-33-23-12-10-22(11-13-23)29-26-25(21-9-8-18(3)19(4)16-21)27(31)30(28(26)32)24-14-7-17(2)15-20(24)5/h7-16,29H,6H2,1-5H3. The Kier molecular flexibility index (Phi) is 6.05. The zero-order valence-corrected chi connectivity index (χ0v) is 19.7. The van der Waals surface area contributed by atoms with Crippen LogP contribution in [-0.4, -0.2) is 18.4 Å². The lowest BCUT2D eigenvalue weighted by atomic mass is 9.99. The number of carbonyl (C=O) groups excluding carboxylic acids is 2. The van der Waals surface area contributed by atoms with E-state index in [1.54, 1.807) is 0 Å². The van der Waals surface area contributed by atoms with E-state index in [0.29, 0.717) is 23.6 Å². The number of carbonyl (C=O) groups is 2. The van der Waals surface area contributed by atoms with Crippen molar-refractivity contribution >= 4 is 28.8 Å². The molecule has 3 aromatic carbocycles. The minimum absolute atomic E-state index is 0.271. The van der Waals surface area contributed by atoms with Crippen LogP contribution < -0.4 is 15.0 Å². The van der Waals surface area contributed by atoms with E-state index in [1.807, 2.05) is 95.3 Å². The van der Waals surface area contributed by atoms with E-state index < -0.39 is 0 Å². The van der Waals surface area contributed by atoms with Crippen LogP contribution in [0, 0.1) is 27.7 Å². The molecule has 0 spiro atoms. The maximum absolute atomic E-state index is 13.7. The normalized spacial score (nSPS) is 13.7. The van der Waals surface area contributed by atoms with Gasteiger partial charge in [-0.05, 0) is 87.2 Å². The molecule has 4 rings (SSSR count). The van der Waals surface area contributed by atoms with Crippen molar-refractivity contribution < 1.29 is 14.3 Å². The molecule has 0 saturated carbocycles. The summed E-state index contributed by atoms with van der Waals surface area (Å²) in [5.74, 6) is 0.0508. The summed E-state index contributed by atoms with van der Waals surface area (Å²) in [5, 5.41) is 3.22. The number of hydrogen-bond acceptors (Lipinski definition) is 4. The fraction of sp³-hybridized carbons (Fsp3) is 0.214. The van der Waals surface area contributed by atoms with E-state index in [2.05, 4.69) is 5.32 Å². The second kappa shape index (κ2) is 8.94. The molecule has 0 radical (unpaired) electrons. The molecular formula is C28H28N2O3. The molecule has 33 heavy (non-hydrogen) atoms. The van der Waals surface area contributed by atoms with Crippen LogP contribution in [0.1, 0.15) is 34.7 Å². The Labute approximate surface area is 194 Å². The SMILES string of the molecule is CCOc1ccc(NC2=C(c3ccc(C)c(C)c3)C(=O)N(c3ccc(C)cc3C)C2=O)cc1. The van der Waals surface area contributed by atoms with Crippen molar-refractivity contribution in [2.24, 2.45) is 0 Å². The average Bonchev–Trinajstić information content (AvgIpc) is 3.01. The molecule has 1 heterocycles. The van der Waals surface area contributed by atoms with E-state index in [0.717, 1.165) is 33.6 Å². The molecule has 1 N–H and O–H groups in total. The zero-order chi connectivity index (χ0) is 23.7. The maximum Gasteiger partial charge on any atom is 0.282 e. The van der Waals surface area contributed by atoms with Crippen LogP contribution in [0.4, 0.5) is 11.4 Å². The molecule has 1 aliphatic rings. The Morgan fingerprint density at radius 1 is 0.788 bits per heavy atom. The van der Waals surface area contributed by atoms with Gasteiger partial charge in [0.2, 0.25) is 0 Å². The molecule has 168 valence electrons. The van der Waals surface area contributed by atoms with Crippen molar-refractivity contribution in [2.45, 2.75) is 34.6 Å². The van der Waals surface area contributed by atoms with Gasteiger partial charge in [-0.2, -0.15) is 0 Å². The Morgan fingerprint density at radius 2 is 1.52 bits per heavy atom. The summed E-state index contributed by atoms with van der Waals surface area (Å²) in [6.45, 7) is 10.4. The van der Waals surface area contributed by atoms with E-state index in [4.69, 9.17) is 4.74 Å². The summed E-state index contributed by atoms with van der Waals surface area (Å²) in [6, 6.07) is 18.9. The van der Waals surface area contributed by atoms with Gasteiger partial charge in [0, 0.05) is 5.69 Å². The number of nitrogens with one attached hydrogen (secondary N) is 1. The molecule has 5 nitrogen and oxygen atoms in total. The van der Waals surface area contributed by atoms with Gasteiger partial charge >= 0.3 is 0 Å². The lowest BCUT2D eigenvalue weighted by Gasteiger charge is -2.18. The first-order valence-electron chi connectivity index (χ1n) is 11.1. The predicted octanol–water partition coefficient (Wildman–Crippen LogP) is 5.72. The topological polar surface area (TPSA) is 58.6 Å². The highest BCUT2D eigenvalue weighted by molar-refractivity contribution is 6.46. The van der Waals surface area contributed by atoms with Gasteiger partial charge in [-0.25, -0.2) is 4.90 Å². The van der Waals surface area contributed by atoms with Gasteiger partial charge in [0.15, 0.2) is 0 Å². The highest BCUT2D eigenvalue weighted by Crippen LogP contribution is 2.36. The van der Waals surface area contributed by atoms with Gasteiger partial charge < -0.3 is 10.1 Å². The number of benzene rings is 3. The quantitative estimate of drug-likeness (QED) is 0.499. The molecule has 0 atom stereocenters. The Bertz CT molecular complexity index is 1270. The van der Waals surface area contributed by atoms with Gasteiger partial charge in [-0.15, -0.1) is 0 Å². The fourth-order valence-corrected chi connectivity index (χ4v) is 4.03. The van der Waals surface area contributed by atoms with Crippen LogP contribution in [0.25, 0.3) is 5.57 Å². The molecule has 1 aliphatic heterocycles. The number of amides is 2. The molecule has 0 fully saturated rings. The Morgan fingerprint density at radius 3 is 2.15 bits per heavy atom. The second-order valence-electron chi connectivity index (χ2n) is 8.37. The van der Waals surface area contributed by atoms with Crippen LogP contribution in [0.3, 0.4) is 0 Å². The predicted molar refractivity (Wildman–Crippen MR) is 132 cm³/mol. The molecule has 3 aromatic rings. The van der Waals surface area contributed by atoms with Crippen LogP contribution in [0.15, 0.2) is 66.4 Å². The third-order valence-corrected chi connectivity index (χ3v) is 5.91. The van der Waals surface area contributed by atoms with Crippen LogP contribution >= 0.6 is 0 Å². The van der Waals surface area contributed by atoms with Gasteiger partial charge in [0.05, 0.1) is 17.9 Å². The lowest BCUT2D eigenvalue weighted by molar-refractivity contribution is -0.120. The average molecular weight is 441 g/mol. The number of aryl methyl sites for hydroxylation is 4. The van der Waals surface area contributed by atoms with Crippen molar-refractivity contribution in [2.75, 3.05) is 16.8 Å². The van der Waals surface area contributed by atoms with Gasteiger partial charge in [0.1, 0.15) is 11.4 Å². The number of nitrogens with zero attached hydrogens (tertiary/aromatic N) is 1. The largest absolute Gasteiger partial charge is 0.494 e. The number of rotatable bonds is 6. The summed E-state index contributed by atoms with van der Waals surface area (Å²) in [7, 11) is 0. The summed E-state index contributed by atoms with van der Waals surface area (Å²) in [5.41, 5.74) is 6.80. The summed E-state index contributed by atoms with van der Waals surface area (Å²) < 4.78 is 5.51. The number of ether oxygens (including phenoxy) is 1. The van der Waals surface area contributed by atoms with Crippen molar-refractivity contribution in [1.82, 2.24) is 0 Å². The minimum Gasteiger partial charge on any atom is -0.494 e. The van der Waals surface area contributed by atoms with Crippen molar-refractivity contribution in [3.05, 3.63) is 94.2 Å². The first kappa shape index (κ1) is 22.3. The zero-order valence-electron chi connectivity index (χ0n) is 19.7. The molecular weight excluding hydrogens is 412 g/mol. The molecule has 0 aliphatic carbocycles. The van der Waals surface area contributed by atoms with E-state index in [-0.39, 0.29) is 17.5 Å². The number of hydrogen-bond donors (Lipinski definition) is 1. The highest BCUT2D eigenvalue weighted by Gasteiger charge is 2.40. The summed E-state index contributed by atoms with van der Waals surface area (Å²) >= 11 is 0. The summed E-state index contributed by atoms with van der Waals surface area (Å²) in [4.78, 5) is 28.6. The fourth-order valence-electron chi connectivity index (χ4n) is 4.03. The van der Waals surface area contributed by atoms with E-state index in [9.17, 15) is 9.59 Å². The van der Waals surface area contributed by atoms with Crippen molar-refractivity contribution in [3.63, 3.8) is 0 Å². The second-order valence-corrected chi connectivity index (χ2v) is 8.37. The maximum atomic E-state index is 13.7. The molecule has 0 unspecified atom stereocenters. The van der Waals surface area contributed by atoms with Crippen LogP contribution in [0.5, 0.6) is 5.75 Å². The Hall–Kier alpha value is -3.86. The first-order valence-corrected chi connectivity index (χ1v) is 11.1. The molecule has 2 amide bonds. The van der Waals surface area contributed by atoms with E-state index in [1.165, 1.54) is 4.90 Å². The van der Waals surface area contributed by atoms with Gasteiger partial charge in [-0.3, -0.25) is 9.59 Å². The van der Waals surface area contributed by atoms with Crippen molar-refractivity contribution in [3.8, 4) is 5.75 Å². The molecule has 5 heteroatoms.